The Morgan fingerprint density at radius 1 is 1.33 bits per heavy atom. The maximum atomic E-state index is 3.98. The molecule has 2 heteroatoms. The lowest BCUT2D eigenvalue weighted by Crippen LogP contribution is -2.43. The van der Waals surface area contributed by atoms with Crippen molar-refractivity contribution in [2.24, 2.45) is 0 Å². The Hall–Kier alpha value is -1.28. The van der Waals surface area contributed by atoms with Gasteiger partial charge in [-0.3, -0.25) is 0 Å². The van der Waals surface area contributed by atoms with E-state index in [2.05, 4.69) is 55.7 Å². The van der Waals surface area contributed by atoms with E-state index in [9.17, 15) is 0 Å². The Morgan fingerprint density at radius 3 is 3.00 bits per heavy atom. The molecule has 1 heterocycles. The number of allylic oxidation sites excluding steroid dienone is 4. The van der Waals surface area contributed by atoms with E-state index in [1.54, 1.807) is 11.1 Å². The summed E-state index contributed by atoms with van der Waals surface area (Å²) in [6.45, 7) is 6.84. The van der Waals surface area contributed by atoms with E-state index in [4.69, 9.17) is 0 Å². The molecule has 2 nitrogen and oxygen atoms in total. The van der Waals surface area contributed by atoms with Gasteiger partial charge in [0.1, 0.15) is 0 Å². The molecule has 0 saturated heterocycles. The predicted molar refractivity (Wildman–Crippen MR) is 104 cm³/mol. The summed E-state index contributed by atoms with van der Waals surface area (Å²) in [6.07, 6.45) is 19.4. The Labute approximate surface area is 148 Å². The van der Waals surface area contributed by atoms with Gasteiger partial charge in [0.05, 0.1) is 6.04 Å². The minimum absolute atomic E-state index is 0.387. The van der Waals surface area contributed by atoms with Gasteiger partial charge < -0.3 is 10.6 Å². The van der Waals surface area contributed by atoms with Gasteiger partial charge in [-0.25, -0.2) is 0 Å². The first-order valence-electron chi connectivity index (χ1n) is 10.0. The van der Waals surface area contributed by atoms with Gasteiger partial charge in [-0.1, -0.05) is 56.6 Å². The number of unbranched alkanes of at least 4 members (excludes halogenated alkanes) is 1. The van der Waals surface area contributed by atoms with E-state index in [1.165, 1.54) is 56.2 Å². The predicted octanol–water partition coefficient (Wildman–Crippen LogP) is 5.16. The largest absolute Gasteiger partial charge is 0.377 e. The van der Waals surface area contributed by atoms with Crippen LogP contribution in [0.4, 0.5) is 0 Å². The van der Waals surface area contributed by atoms with Crippen molar-refractivity contribution >= 4 is 0 Å². The van der Waals surface area contributed by atoms with Crippen LogP contribution in [-0.2, 0) is 0 Å². The molecular weight excluding hydrogens is 292 g/mol. The summed E-state index contributed by atoms with van der Waals surface area (Å²) in [6, 6.07) is 1.56. The van der Waals surface area contributed by atoms with Gasteiger partial charge in [-0.2, -0.15) is 0 Å². The average Bonchev–Trinajstić information content (AvgIpc) is 2.92. The smallest absolute Gasteiger partial charge is 0.0699 e. The molecule has 3 aliphatic rings. The molecule has 2 N–H and O–H groups in total. The van der Waals surface area contributed by atoms with Gasteiger partial charge in [0.15, 0.2) is 0 Å². The molecule has 0 amide bonds. The first-order chi connectivity index (χ1) is 11.7. The third kappa shape index (κ3) is 3.85. The molecule has 2 aliphatic carbocycles. The standard InChI is InChI=1S/C22H34N2/c1-4-6-10-17(5-2)23-21-13-8-11-19-18-15-14-16(3)9-7-12-20(18)24-22(19)21/h7,9,12,15,17,20-21,23-24H,4-6,8,10-11,13-14H2,1-3H3/b12-7?,16-9-,18-15-. The van der Waals surface area contributed by atoms with Gasteiger partial charge in [-0.15, -0.1) is 0 Å². The Morgan fingerprint density at radius 2 is 2.21 bits per heavy atom. The van der Waals surface area contributed by atoms with E-state index in [1.807, 2.05) is 0 Å². The third-order valence-corrected chi connectivity index (χ3v) is 5.75. The lowest BCUT2D eigenvalue weighted by atomic mass is 9.87. The minimum Gasteiger partial charge on any atom is -0.377 e. The Kier molecular flexibility index (Phi) is 5.99. The molecule has 1 aliphatic heterocycles. The number of rotatable bonds is 6. The van der Waals surface area contributed by atoms with E-state index in [0.29, 0.717) is 18.1 Å². The highest BCUT2D eigenvalue weighted by Crippen LogP contribution is 2.37. The maximum absolute atomic E-state index is 3.98. The van der Waals surface area contributed by atoms with Crippen molar-refractivity contribution in [2.45, 2.75) is 90.3 Å². The van der Waals surface area contributed by atoms with Gasteiger partial charge in [0.2, 0.25) is 0 Å². The molecule has 0 saturated carbocycles. The third-order valence-electron chi connectivity index (χ3n) is 5.75. The molecular formula is C22H34N2. The summed E-state index contributed by atoms with van der Waals surface area (Å²) in [5, 5.41) is 7.82. The van der Waals surface area contributed by atoms with Crippen LogP contribution in [0.5, 0.6) is 0 Å². The highest BCUT2D eigenvalue weighted by atomic mass is 15.1. The average molecular weight is 327 g/mol. The number of hydrogen-bond acceptors (Lipinski definition) is 2. The fourth-order valence-electron chi connectivity index (χ4n) is 4.27. The van der Waals surface area contributed by atoms with Crippen LogP contribution in [0.25, 0.3) is 0 Å². The van der Waals surface area contributed by atoms with Crippen molar-refractivity contribution in [1.29, 1.82) is 0 Å². The molecule has 24 heavy (non-hydrogen) atoms. The van der Waals surface area contributed by atoms with Crippen LogP contribution < -0.4 is 10.6 Å². The van der Waals surface area contributed by atoms with Crippen molar-refractivity contribution in [2.75, 3.05) is 0 Å². The van der Waals surface area contributed by atoms with E-state index < -0.39 is 0 Å². The zero-order chi connectivity index (χ0) is 16.9. The van der Waals surface area contributed by atoms with E-state index in [0.717, 1.165) is 6.42 Å². The highest BCUT2D eigenvalue weighted by molar-refractivity contribution is 5.51. The van der Waals surface area contributed by atoms with Crippen LogP contribution in [0.15, 0.2) is 46.7 Å². The van der Waals surface area contributed by atoms with Crippen LogP contribution in [0.1, 0.15) is 72.1 Å². The normalized spacial score (nSPS) is 31.8. The number of hydrogen-bond donors (Lipinski definition) is 2. The van der Waals surface area contributed by atoms with Crippen molar-refractivity contribution in [3.8, 4) is 0 Å². The van der Waals surface area contributed by atoms with Crippen molar-refractivity contribution in [1.82, 2.24) is 10.6 Å². The van der Waals surface area contributed by atoms with E-state index >= 15 is 0 Å². The van der Waals surface area contributed by atoms with Crippen LogP contribution in [0, 0.1) is 0 Å². The lowest BCUT2D eigenvalue weighted by molar-refractivity contribution is 0.380. The quantitative estimate of drug-likeness (QED) is 0.705. The maximum Gasteiger partial charge on any atom is 0.0699 e. The first-order valence-corrected chi connectivity index (χ1v) is 10.0. The number of nitrogens with one attached hydrogen (secondary N) is 2. The molecule has 3 unspecified atom stereocenters. The fraction of sp³-hybridized carbons (Fsp3) is 0.636. The topological polar surface area (TPSA) is 24.1 Å². The van der Waals surface area contributed by atoms with Gasteiger partial charge in [0.25, 0.3) is 0 Å². The summed E-state index contributed by atoms with van der Waals surface area (Å²) in [4.78, 5) is 0. The second kappa shape index (κ2) is 8.20. The highest BCUT2D eigenvalue weighted by Gasteiger charge is 2.34. The molecule has 0 aromatic heterocycles. The fourth-order valence-corrected chi connectivity index (χ4v) is 4.27. The van der Waals surface area contributed by atoms with Crippen molar-refractivity contribution < 1.29 is 0 Å². The molecule has 3 atom stereocenters. The molecule has 0 aromatic carbocycles. The summed E-state index contributed by atoms with van der Waals surface area (Å²) < 4.78 is 0. The Bertz CT molecular complexity index is 565. The lowest BCUT2D eigenvalue weighted by Gasteiger charge is -2.30. The summed E-state index contributed by atoms with van der Waals surface area (Å²) in [5.41, 5.74) is 6.09. The molecule has 3 rings (SSSR count). The molecule has 0 fully saturated rings. The number of fused-ring (bicyclic) bond motifs is 2. The van der Waals surface area contributed by atoms with Crippen LogP contribution in [-0.4, -0.2) is 18.1 Å². The van der Waals surface area contributed by atoms with Crippen molar-refractivity contribution in [3.63, 3.8) is 0 Å². The second-order valence-corrected chi connectivity index (χ2v) is 7.63. The first kappa shape index (κ1) is 17.5. The molecule has 0 aromatic rings. The second-order valence-electron chi connectivity index (χ2n) is 7.63. The minimum atomic E-state index is 0.387. The van der Waals surface area contributed by atoms with Gasteiger partial charge in [0, 0.05) is 17.8 Å². The molecule has 0 spiro atoms. The summed E-state index contributed by atoms with van der Waals surface area (Å²) in [7, 11) is 0. The summed E-state index contributed by atoms with van der Waals surface area (Å²) in [5.74, 6) is 0. The monoisotopic (exact) mass is 326 g/mol. The Balaban J connectivity index is 1.77. The SMILES string of the molecule is CCCCC(CC)NC1CCCC2=C1NC1C=C/C=C(/C)C/C=C/21. The van der Waals surface area contributed by atoms with Crippen LogP contribution in [0.2, 0.25) is 0 Å². The van der Waals surface area contributed by atoms with Gasteiger partial charge in [-0.05, 0) is 56.6 Å². The van der Waals surface area contributed by atoms with Gasteiger partial charge >= 0.3 is 0 Å². The zero-order valence-corrected chi connectivity index (χ0v) is 15.7. The molecule has 132 valence electrons. The molecule has 0 radical (unpaired) electrons. The van der Waals surface area contributed by atoms with Crippen LogP contribution >= 0.6 is 0 Å². The van der Waals surface area contributed by atoms with Crippen molar-refractivity contribution in [3.05, 3.63) is 46.7 Å². The summed E-state index contributed by atoms with van der Waals surface area (Å²) >= 11 is 0. The molecule has 0 bridgehead atoms. The van der Waals surface area contributed by atoms with E-state index in [-0.39, 0.29) is 0 Å². The zero-order valence-electron chi connectivity index (χ0n) is 15.7. The van der Waals surface area contributed by atoms with Crippen LogP contribution in [0.3, 0.4) is 0 Å².